The number of nitrogens with one attached hydrogen (secondary N) is 3. The Balaban J connectivity index is 1.49. The van der Waals surface area contributed by atoms with Crippen molar-refractivity contribution in [1.29, 1.82) is 5.41 Å². The molecule has 5 N–H and O–H groups in total. The van der Waals surface area contributed by atoms with E-state index in [2.05, 4.69) is 52.6 Å². The predicted octanol–water partition coefficient (Wildman–Crippen LogP) is 6.11. The molecule has 0 spiro atoms. The van der Waals surface area contributed by atoms with Crippen LogP contribution in [0.2, 0.25) is 0 Å². The number of nitrogen functional groups attached to an aromatic ring is 1. The first-order valence-corrected chi connectivity index (χ1v) is 12.2. The molecule has 5 aromatic heterocycles. The van der Waals surface area contributed by atoms with Crippen LogP contribution < -0.4 is 11.1 Å². The molecule has 5 heterocycles. The summed E-state index contributed by atoms with van der Waals surface area (Å²) in [5, 5.41) is 14.2. The zero-order valence-electron chi connectivity index (χ0n) is 20.3. The lowest BCUT2D eigenvalue weighted by atomic mass is 9.93. The van der Waals surface area contributed by atoms with E-state index in [0.29, 0.717) is 22.8 Å². The summed E-state index contributed by atoms with van der Waals surface area (Å²) < 4.78 is 0. The molecule has 0 aliphatic rings. The molecule has 0 unspecified atom stereocenters. The summed E-state index contributed by atoms with van der Waals surface area (Å²) in [6.45, 7) is 10.4. The number of thiophene rings is 1. The SMILES string of the molecule is C=C(Nc1cncc(-c2cc(C(=N)c3nc4c(-c5cccs5)cncc4[nH]3)c(N)cn2)c1)C(C)(C)C. The second-order valence-electron chi connectivity index (χ2n) is 9.49. The number of imidazole rings is 1. The van der Waals surface area contributed by atoms with Crippen molar-refractivity contribution in [1.82, 2.24) is 24.9 Å². The first-order chi connectivity index (χ1) is 17.2. The maximum atomic E-state index is 8.89. The van der Waals surface area contributed by atoms with E-state index in [0.717, 1.165) is 38.4 Å². The lowest BCUT2D eigenvalue weighted by Crippen LogP contribution is -2.15. The Hall–Kier alpha value is -4.37. The van der Waals surface area contributed by atoms with Gasteiger partial charge in [0.15, 0.2) is 5.82 Å². The van der Waals surface area contributed by atoms with Gasteiger partial charge in [-0.25, -0.2) is 4.98 Å². The third-order valence-corrected chi connectivity index (χ3v) is 6.76. The average molecular weight is 495 g/mol. The summed E-state index contributed by atoms with van der Waals surface area (Å²) in [4.78, 5) is 22.2. The van der Waals surface area contributed by atoms with Gasteiger partial charge in [-0.3, -0.25) is 20.4 Å². The minimum Gasteiger partial charge on any atom is -0.397 e. The summed E-state index contributed by atoms with van der Waals surface area (Å²) in [5.74, 6) is 0.412. The number of fused-ring (bicyclic) bond motifs is 1. The van der Waals surface area contributed by atoms with Gasteiger partial charge >= 0.3 is 0 Å². The Bertz CT molecular complexity index is 1590. The Morgan fingerprint density at radius 3 is 2.67 bits per heavy atom. The molecule has 36 heavy (non-hydrogen) atoms. The molecule has 0 atom stereocenters. The van der Waals surface area contributed by atoms with Gasteiger partial charge in [0, 0.05) is 45.1 Å². The van der Waals surface area contributed by atoms with Gasteiger partial charge in [-0.2, -0.15) is 0 Å². The lowest BCUT2D eigenvalue weighted by molar-refractivity contribution is 0.509. The Morgan fingerprint density at radius 1 is 1.11 bits per heavy atom. The monoisotopic (exact) mass is 494 g/mol. The van der Waals surface area contributed by atoms with Crippen molar-refractivity contribution in [3.63, 3.8) is 0 Å². The van der Waals surface area contributed by atoms with Crippen LogP contribution in [0.15, 0.2) is 72.9 Å². The fourth-order valence-corrected chi connectivity index (χ4v) is 4.38. The van der Waals surface area contributed by atoms with Gasteiger partial charge in [0.1, 0.15) is 11.2 Å². The molecule has 0 fully saturated rings. The molecular weight excluding hydrogens is 468 g/mol. The van der Waals surface area contributed by atoms with Gasteiger partial charge in [-0.1, -0.05) is 33.4 Å². The number of aromatic amines is 1. The van der Waals surface area contributed by atoms with Crippen LogP contribution in [0.25, 0.3) is 32.7 Å². The minimum absolute atomic E-state index is 0.0941. The average Bonchev–Trinajstić information content (AvgIpc) is 3.54. The van der Waals surface area contributed by atoms with Crippen molar-refractivity contribution in [2.45, 2.75) is 20.8 Å². The van der Waals surface area contributed by atoms with Crippen LogP contribution in [-0.2, 0) is 0 Å². The molecule has 0 saturated carbocycles. The standard InChI is InChI=1S/C27H26N8S/c1-15(27(2,3)4)33-17-8-16(10-30-11-17)21-9-18(20(28)13-32-21)24(29)26-34-22-14-31-12-19(25(22)35-26)23-6-5-7-36-23/h5-14,29,33H,1,28H2,2-4H3,(H,34,35). The van der Waals surface area contributed by atoms with Gasteiger partial charge in [-0.05, 0) is 23.6 Å². The van der Waals surface area contributed by atoms with Crippen LogP contribution in [0, 0.1) is 10.8 Å². The first kappa shape index (κ1) is 23.4. The predicted molar refractivity (Wildman–Crippen MR) is 147 cm³/mol. The van der Waals surface area contributed by atoms with E-state index < -0.39 is 0 Å². The zero-order valence-corrected chi connectivity index (χ0v) is 21.1. The van der Waals surface area contributed by atoms with Crippen molar-refractivity contribution in [3.05, 3.63) is 84.3 Å². The summed E-state index contributed by atoms with van der Waals surface area (Å²) >= 11 is 1.62. The largest absolute Gasteiger partial charge is 0.397 e. The van der Waals surface area contributed by atoms with Crippen molar-refractivity contribution >= 4 is 39.5 Å². The number of anilines is 2. The fourth-order valence-electron chi connectivity index (χ4n) is 3.64. The lowest BCUT2D eigenvalue weighted by Gasteiger charge is -2.23. The number of pyridine rings is 3. The van der Waals surface area contributed by atoms with Crippen LogP contribution in [-0.4, -0.2) is 30.6 Å². The van der Waals surface area contributed by atoms with Crippen molar-refractivity contribution < 1.29 is 0 Å². The molecule has 9 heteroatoms. The second-order valence-corrected chi connectivity index (χ2v) is 10.4. The van der Waals surface area contributed by atoms with E-state index in [1.807, 2.05) is 23.6 Å². The quantitative estimate of drug-likeness (QED) is 0.211. The highest BCUT2D eigenvalue weighted by atomic mass is 32.1. The molecule has 0 aliphatic heterocycles. The number of hydrogen-bond acceptors (Lipinski definition) is 8. The smallest absolute Gasteiger partial charge is 0.157 e. The molecule has 0 bridgehead atoms. The molecular formula is C27H26N8S. The maximum Gasteiger partial charge on any atom is 0.157 e. The summed E-state index contributed by atoms with van der Waals surface area (Å²) in [6.07, 6.45) is 8.55. The molecule has 0 aromatic carbocycles. The molecule has 5 rings (SSSR count). The van der Waals surface area contributed by atoms with Crippen LogP contribution in [0.3, 0.4) is 0 Å². The number of rotatable bonds is 6. The first-order valence-electron chi connectivity index (χ1n) is 11.3. The number of allylic oxidation sites excluding steroid dienone is 1. The van der Waals surface area contributed by atoms with E-state index in [-0.39, 0.29) is 11.1 Å². The Labute approximate surface area is 212 Å². The summed E-state index contributed by atoms with van der Waals surface area (Å²) in [5.41, 5.74) is 12.9. The molecule has 180 valence electrons. The summed E-state index contributed by atoms with van der Waals surface area (Å²) in [7, 11) is 0. The molecule has 0 aliphatic carbocycles. The number of H-pyrrole nitrogens is 1. The Kier molecular flexibility index (Phi) is 5.85. The minimum atomic E-state index is -0.0941. The number of aromatic nitrogens is 5. The van der Waals surface area contributed by atoms with E-state index in [9.17, 15) is 0 Å². The van der Waals surface area contributed by atoms with E-state index in [1.54, 1.807) is 48.4 Å². The van der Waals surface area contributed by atoms with Crippen LogP contribution in [0.4, 0.5) is 11.4 Å². The number of nitrogens with two attached hydrogens (primary N) is 1. The van der Waals surface area contributed by atoms with E-state index >= 15 is 0 Å². The van der Waals surface area contributed by atoms with E-state index in [4.69, 9.17) is 16.1 Å². The molecule has 0 radical (unpaired) electrons. The normalized spacial score (nSPS) is 11.5. The molecule has 5 aromatic rings. The van der Waals surface area contributed by atoms with Crippen LogP contribution >= 0.6 is 11.3 Å². The molecule has 8 nitrogen and oxygen atoms in total. The van der Waals surface area contributed by atoms with Gasteiger partial charge in [0.05, 0.1) is 41.2 Å². The number of nitrogens with zero attached hydrogens (tertiary/aromatic N) is 4. The zero-order chi connectivity index (χ0) is 25.4. The third-order valence-electron chi connectivity index (χ3n) is 5.86. The van der Waals surface area contributed by atoms with Crippen molar-refractivity contribution in [3.8, 4) is 21.7 Å². The number of hydrogen-bond donors (Lipinski definition) is 4. The Morgan fingerprint density at radius 2 is 1.92 bits per heavy atom. The highest BCUT2D eigenvalue weighted by molar-refractivity contribution is 7.13. The second kappa shape index (κ2) is 9.01. The van der Waals surface area contributed by atoms with Gasteiger partial charge < -0.3 is 16.0 Å². The highest BCUT2D eigenvalue weighted by Gasteiger charge is 2.18. The van der Waals surface area contributed by atoms with Crippen LogP contribution in [0.5, 0.6) is 0 Å². The highest BCUT2D eigenvalue weighted by Crippen LogP contribution is 2.31. The maximum absolute atomic E-state index is 8.89. The van der Waals surface area contributed by atoms with Gasteiger partial charge in [0.2, 0.25) is 0 Å². The van der Waals surface area contributed by atoms with Gasteiger partial charge in [-0.15, -0.1) is 11.3 Å². The van der Waals surface area contributed by atoms with Crippen LogP contribution in [0.1, 0.15) is 32.2 Å². The third kappa shape index (κ3) is 4.48. The topological polar surface area (TPSA) is 129 Å². The molecule has 0 amide bonds. The van der Waals surface area contributed by atoms with Crippen molar-refractivity contribution in [2.24, 2.45) is 5.41 Å². The fraction of sp³-hybridized carbons (Fsp3) is 0.148. The summed E-state index contributed by atoms with van der Waals surface area (Å²) in [6, 6.07) is 7.77. The molecule has 0 saturated heterocycles. The van der Waals surface area contributed by atoms with E-state index in [1.165, 1.54) is 0 Å². The van der Waals surface area contributed by atoms with Crippen molar-refractivity contribution in [2.75, 3.05) is 11.1 Å². The van der Waals surface area contributed by atoms with Gasteiger partial charge in [0.25, 0.3) is 0 Å².